The standard InChI is InChI=1S/C20H35N7O2.HI/c1-5-21-20(22-14-17(24(2)3)16-13-23-25(4)15-16)27-10-8-26(9-11-27)19(28)18-7-6-12-29-18;/h13,15,17-18H,5-12,14H2,1-4H3,(H,21,22);1H. The van der Waals surface area contributed by atoms with Crippen LogP contribution in [-0.4, -0.2) is 102 Å². The predicted molar refractivity (Wildman–Crippen MR) is 128 cm³/mol. The van der Waals surface area contributed by atoms with Gasteiger partial charge in [0.1, 0.15) is 6.10 Å². The van der Waals surface area contributed by atoms with Crippen molar-refractivity contribution in [1.29, 1.82) is 0 Å². The third-order valence-electron chi connectivity index (χ3n) is 5.58. The highest BCUT2D eigenvalue weighted by atomic mass is 127. The van der Waals surface area contributed by atoms with Gasteiger partial charge in [-0.05, 0) is 33.9 Å². The van der Waals surface area contributed by atoms with Gasteiger partial charge in [0, 0.05) is 58.1 Å². The molecule has 3 heterocycles. The van der Waals surface area contributed by atoms with Crippen LogP contribution in [0.5, 0.6) is 0 Å². The number of nitrogens with one attached hydrogen (secondary N) is 1. The number of rotatable bonds is 6. The highest BCUT2D eigenvalue weighted by Gasteiger charge is 2.31. The lowest BCUT2D eigenvalue weighted by Crippen LogP contribution is -2.55. The molecule has 3 rings (SSSR count). The number of aromatic nitrogens is 2. The van der Waals surface area contributed by atoms with Gasteiger partial charge in [0.05, 0.1) is 18.8 Å². The monoisotopic (exact) mass is 533 g/mol. The normalized spacial score (nSPS) is 21.0. The Bertz CT molecular complexity index is 695. The highest BCUT2D eigenvalue weighted by Crippen LogP contribution is 2.18. The van der Waals surface area contributed by atoms with Crippen molar-refractivity contribution >= 4 is 35.8 Å². The lowest BCUT2D eigenvalue weighted by atomic mass is 10.1. The maximum Gasteiger partial charge on any atom is 0.251 e. The third-order valence-corrected chi connectivity index (χ3v) is 5.58. The van der Waals surface area contributed by atoms with E-state index < -0.39 is 0 Å². The molecule has 10 heteroatoms. The lowest BCUT2D eigenvalue weighted by Gasteiger charge is -2.37. The fourth-order valence-electron chi connectivity index (χ4n) is 3.89. The van der Waals surface area contributed by atoms with E-state index in [1.54, 1.807) is 0 Å². The molecule has 1 aromatic rings. The summed E-state index contributed by atoms with van der Waals surface area (Å²) in [7, 11) is 6.06. The Morgan fingerprint density at radius 2 is 2.03 bits per heavy atom. The van der Waals surface area contributed by atoms with Crippen LogP contribution in [-0.2, 0) is 16.6 Å². The number of piperazine rings is 1. The Morgan fingerprint density at radius 3 is 2.57 bits per heavy atom. The van der Waals surface area contributed by atoms with Crippen molar-refractivity contribution < 1.29 is 9.53 Å². The first kappa shape index (κ1) is 24.9. The zero-order valence-electron chi connectivity index (χ0n) is 18.6. The molecule has 30 heavy (non-hydrogen) atoms. The molecule has 0 aromatic carbocycles. The first-order valence-electron chi connectivity index (χ1n) is 10.6. The minimum Gasteiger partial charge on any atom is -0.368 e. The Morgan fingerprint density at radius 1 is 1.33 bits per heavy atom. The smallest absolute Gasteiger partial charge is 0.251 e. The second-order valence-electron chi connectivity index (χ2n) is 7.94. The van der Waals surface area contributed by atoms with E-state index in [2.05, 4.69) is 41.2 Å². The van der Waals surface area contributed by atoms with Crippen LogP contribution in [0, 0.1) is 0 Å². The van der Waals surface area contributed by atoms with Gasteiger partial charge in [-0.1, -0.05) is 0 Å². The number of nitrogens with zero attached hydrogens (tertiary/aromatic N) is 6. The highest BCUT2D eigenvalue weighted by molar-refractivity contribution is 14.0. The van der Waals surface area contributed by atoms with Crippen LogP contribution in [0.4, 0.5) is 0 Å². The van der Waals surface area contributed by atoms with Crippen molar-refractivity contribution in [2.75, 3.05) is 60.0 Å². The number of carbonyl (C=O) groups is 1. The number of carbonyl (C=O) groups excluding carboxylic acids is 1. The molecule has 2 unspecified atom stereocenters. The Balaban J connectivity index is 0.00000320. The number of likely N-dealkylation sites (N-methyl/N-ethyl adjacent to an activating group) is 1. The number of amides is 1. The van der Waals surface area contributed by atoms with Gasteiger partial charge >= 0.3 is 0 Å². The summed E-state index contributed by atoms with van der Waals surface area (Å²) >= 11 is 0. The Kier molecular flexibility index (Phi) is 9.82. The molecule has 9 nitrogen and oxygen atoms in total. The fourth-order valence-corrected chi connectivity index (χ4v) is 3.89. The summed E-state index contributed by atoms with van der Waals surface area (Å²) < 4.78 is 7.38. The van der Waals surface area contributed by atoms with Gasteiger partial charge in [-0.15, -0.1) is 24.0 Å². The van der Waals surface area contributed by atoms with Gasteiger partial charge in [-0.3, -0.25) is 14.5 Å². The number of aryl methyl sites for hydroxylation is 1. The topological polar surface area (TPSA) is 78.2 Å². The fraction of sp³-hybridized carbons (Fsp3) is 0.750. The molecule has 1 N–H and O–H groups in total. The van der Waals surface area contributed by atoms with Gasteiger partial charge in [0.2, 0.25) is 0 Å². The number of hydrogen-bond acceptors (Lipinski definition) is 5. The predicted octanol–water partition coefficient (Wildman–Crippen LogP) is 0.930. The average Bonchev–Trinajstić information content (AvgIpc) is 3.39. The molecule has 2 aliphatic heterocycles. The molecule has 0 aliphatic carbocycles. The van der Waals surface area contributed by atoms with Crippen molar-refractivity contribution in [2.24, 2.45) is 12.0 Å². The van der Waals surface area contributed by atoms with Crippen molar-refractivity contribution in [3.8, 4) is 0 Å². The van der Waals surface area contributed by atoms with E-state index in [0.717, 1.165) is 44.0 Å². The van der Waals surface area contributed by atoms with Crippen LogP contribution in [0.25, 0.3) is 0 Å². The summed E-state index contributed by atoms with van der Waals surface area (Å²) in [5, 5.41) is 7.71. The summed E-state index contributed by atoms with van der Waals surface area (Å²) in [5.41, 5.74) is 1.16. The number of guanidine groups is 1. The van der Waals surface area contributed by atoms with E-state index in [-0.39, 0.29) is 42.0 Å². The van der Waals surface area contributed by atoms with E-state index in [9.17, 15) is 4.79 Å². The summed E-state index contributed by atoms with van der Waals surface area (Å²) in [6.07, 6.45) is 5.55. The largest absolute Gasteiger partial charge is 0.368 e. The molecule has 0 radical (unpaired) electrons. The molecule has 0 saturated carbocycles. The SMILES string of the molecule is CCNC(=NCC(c1cnn(C)c1)N(C)C)N1CCN(C(=O)C2CCCO2)CC1.I. The van der Waals surface area contributed by atoms with E-state index in [4.69, 9.17) is 9.73 Å². The molecule has 0 spiro atoms. The van der Waals surface area contributed by atoms with Crippen LogP contribution in [0.2, 0.25) is 0 Å². The maximum absolute atomic E-state index is 12.6. The van der Waals surface area contributed by atoms with Crippen molar-refractivity contribution in [2.45, 2.75) is 31.9 Å². The number of hydrogen-bond donors (Lipinski definition) is 1. The van der Waals surface area contributed by atoms with Crippen LogP contribution in [0.15, 0.2) is 17.4 Å². The zero-order valence-corrected chi connectivity index (χ0v) is 20.9. The number of halogens is 1. The number of aliphatic imine (C=N–C) groups is 1. The maximum atomic E-state index is 12.6. The molecular formula is C20H36IN7O2. The van der Waals surface area contributed by atoms with Crippen LogP contribution >= 0.6 is 24.0 Å². The molecule has 2 aliphatic rings. The first-order valence-corrected chi connectivity index (χ1v) is 10.6. The Labute approximate surface area is 196 Å². The summed E-state index contributed by atoms with van der Waals surface area (Å²) in [4.78, 5) is 23.8. The lowest BCUT2D eigenvalue weighted by molar-refractivity contribution is -0.142. The second kappa shape index (κ2) is 11.8. The van der Waals surface area contributed by atoms with Gasteiger partial charge in [-0.2, -0.15) is 5.10 Å². The Hall–Kier alpha value is -1.40. The summed E-state index contributed by atoms with van der Waals surface area (Å²) in [6.45, 7) is 7.23. The van der Waals surface area contributed by atoms with E-state index in [0.29, 0.717) is 26.2 Å². The summed E-state index contributed by atoms with van der Waals surface area (Å²) in [6, 6.07) is 0.166. The van der Waals surface area contributed by atoms with Crippen molar-refractivity contribution in [3.63, 3.8) is 0 Å². The minimum absolute atomic E-state index is 0. The molecule has 0 bridgehead atoms. The van der Waals surface area contributed by atoms with Gasteiger partial charge in [0.25, 0.3) is 5.91 Å². The molecule has 1 amide bonds. The van der Waals surface area contributed by atoms with E-state index >= 15 is 0 Å². The van der Waals surface area contributed by atoms with Crippen LogP contribution in [0.1, 0.15) is 31.4 Å². The number of ether oxygens (including phenoxy) is 1. The van der Waals surface area contributed by atoms with E-state index in [1.165, 1.54) is 0 Å². The molecule has 1 aromatic heterocycles. The average molecular weight is 533 g/mol. The van der Waals surface area contributed by atoms with Gasteiger partial charge in [-0.25, -0.2) is 0 Å². The van der Waals surface area contributed by atoms with Gasteiger partial charge < -0.3 is 24.8 Å². The minimum atomic E-state index is -0.233. The van der Waals surface area contributed by atoms with Crippen molar-refractivity contribution in [3.05, 3.63) is 18.0 Å². The molecule has 2 atom stereocenters. The molecule has 2 fully saturated rings. The summed E-state index contributed by atoms with van der Waals surface area (Å²) in [5.74, 6) is 1.06. The molecular weight excluding hydrogens is 497 g/mol. The van der Waals surface area contributed by atoms with Crippen LogP contribution in [0.3, 0.4) is 0 Å². The van der Waals surface area contributed by atoms with E-state index in [1.807, 2.05) is 29.0 Å². The molecule has 2 saturated heterocycles. The second-order valence-corrected chi connectivity index (χ2v) is 7.94. The third kappa shape index (κ3) is 6.30. The quantitative estimate of drug-likeness (QED) is 0.333. The van der Waals surface area contributed by atoms with Gasteiger partial charge in [0.15, 0.2) is 5.96 Å². The van der Waals surface area contributed by atoms with Crippen LogP contribution < -0.4 is 5.32 Å². The zero-order chi connectivity index (χ0) is 20.8. The molecule has 170 valence electrons. The first-order chi connectivity index (χ1) is 14.0. The van der Waals surface area contributed by atoms with Crippen molar-refractivity contribution in [1.82, 2.24) is 29.8 Å².